The van der Waals surface area contributed by atoms with E-state index in [1.807, 2.05) is 0 Å². The molecule has 2 aromatic rings. The van der Waals surface area contributed by atoms with E-state index in [1.165, 1.54) is 0 Å². The van der Waals surface area contributed by atoms with Crippen molar-refractivity contribution in [3.05, 3.63) is 59.7 Å². The van der Waals surface area contributed by atoms with Crippen LogP contribution in [-0.4, -0.2) is 12.3 Å². The van der Waals surface area contributed by atoms with Crippen LogP contribution in [0.25, 0.3) is 0 Å². The molecule has 0 bridgehead atoms. The summed E-state index contributed by atoms with van der Waals surface area (Å²) in [5.74, 6) is 0. The molecule has 24 heavy (non-hydrogen) atoms. The Hall–Kier alpha value is -1.48. The maximum Gasteiger partial charge on any atom is 0.416 e. The molecule has 2 rings (SSSR count). The third-order valence-electron chi connectivity index (χ3n) is 3.41. The van der Waals surface area contributed by atoms with Crippen LogP contribution in [0, 0.1) is 0 Å². The number of nitrogens with one attached hydrogen (secondary N) is 1. The number of hydrogen-bond acceptors (Lipinski definition) is 1. The van der Waals surface area contributed by atoms with Gasteiger partial charge in [-0.25, -0.2) is 0 Å². The largest absolute Gasteiger partial charge is 0.416 e. The van der Waals surface area contributed by atoms with Crippen molar-refractivity contribution in [3.8, 4) is 0 Å². The molecule has 1 N–H and O–H groups in total. The fraction of sp³-hybridized carbons (Fsp3) is 0.200. The van der Waals surface area contributed by atoms with Gasteiger partial charge >= 0.3 is 12.4 Å². The van der Waals surface area contributed by atoms with Crippen LogP contribution in [0.2, 0.25) is 0 Å². The lowest BCUT2D eigenvalue weighted by molar-refractivity contribution is -0.161. The van der Waals surface area contributed by atoms with Gasteiger partial charge in [-0.1, -0.05) is 63.9 Å². The molecule has 0 saturated heterocycles. The minimum Gasteiger partial charge on any atom is -0.339 e. The highest BCUT2D eigenvalue weighted by atomic mass is 79.9. The summed E-state index contributed by atoms with van der Waals surface area (Å²) in [6.07, 6.45) is -10.2. The minimum absolute atomic E-state index is 0.111. The third kappa shape index (κ3) is 4.13. The molecular weight excluding hydrogens is 399 g/mol. The average molecular weight is 410 g/mol. The van der Waals surface area contributed by atoms with Crippen LogP contribution in [0.5, 0.6) is 0 Å². The van der Waals surface area contributed by atoms with Crippen LogP contribution in [0.15, 0.2) is 48.5 Å². The van der Waals surface area contributed by atoms with E-state index in [1.54, 1.807) is 30.3 Å². The summed E-state index contributed by atoms with van der Waals surface area (Å²) in [6.45, 7) is -1.04. The van der Waals surface area contributed by atoms with Crippen LogP contribution in [0.4, 0.5) is 26.3 Å². The Balaban J connectivity index is 2.72. The van der Waals surface area contributed by atoms with Crippen LogP contribution < -0.4 is 16.2 Å². The maximum atomic E-state index is 13.4. The predicted molar refractivity (Wildman–Crippen MR) is 84.8 cm³/mol. The first-order chi connectivity index (χ1) is 11.2. The second-order valence-corrected chi connectivity index (χ2v) is 5.51. The molecule has 2 aromatic carbocycles. The molecule has 0 aromatic heterocycles. The Morgan fingerprint density at radius 3 is 1.96 bits per heavy atom. The molecule has 0 aliphatic heterocycles. The lowest BCUT2D eigenvalue weighted by Crippen LogP contribution is -2.56. The van der Waals surface area contributed by atoms with Gasteiger partial charge in [-0.3, -0.25) is 0 Å². The fourth-order valence-electron chi connectivity index (χ4n) is 2.49. The highest BCUT2D eigenvalue weighted by molar-refractivity contribution is 9.09. The van der Waals surface area contributed by atoms with Gasteiger partial charge in [0.25, 0.3) is 6.85 Å². The first kappa shape index (κ1) is 18.9. The van der Waals surface area contributed by atoms with Crippen molar-refractivity contribution in [1.29, 1.82) is 0 Å². The van der Waals surface area contributed by atoms with E-state index in [9.17, 15) is 26.3 Å². The standard InChI is InChI=1S/C15H11BBrF6N/c17-9-24-16(10-5-2-1-3-6-10)12-8-4-7-11(14(18,19)20)13(12)15(21,22)23/h1-8,24H,9H2. The predicted octanol–water partition coefficient (Wildman–Crippen LogP) is 3.77. The molecule has 0 heterocycles. The molecule has 9 heteroatoms. The maximum absolute atomic E-state index is 13.4. The summed E-state index contributed by atoms with van der Waals surface area (Å²) in [6, 6.07) is 10.5. The van der Waals surface area contributed by atoms with Gasteiger partial charge in [0.1, 0.15) is 0 Å². The van der Waals surface area contributed by atoms with Crippen LogP contribution in [0.1, 0.15) is 11.1 Å². The number of halogens is 7. The van der Waals surface area contributed by atoms with Gasteiger partial charge < -0.3 is 5.23 Å². The SMILES string of the molecule is FC(F)(F)c1cccc(B(NCBr)c2ccccc2)c1C(F)(F)F. The van der Waals surface area contributed by atoms with E-state index in [0.29, 0.717) is 11.5 Å². The Kier molecular flexibility index (Phi) is 5.65. The first-order valence-corrected chi connectivity index (χ1v) is 7.90. The van der Waals surface area contributed by atoms with Crippen LogP contribution in [0.3, 0.4) is 0 Å². The Bertz CT molecular complexity index is 687. The molecule has 0 radical (unpaired) electrons. The van der Waals surface area contributed by atoms with E-state index >= 15 is 0 Å². The third-order valence-corrected chi connectivity index (χ3v) is 3.73. The van der Waals surface area contributed by atoms with E-state index in [2.05, 4.69) is 21.2 Å². The zero-order valence-corrected chi connectivity index (χ0v) is 13.6. The molecule has 0 spiro atoms. The quantitative estimate of drug-likeness (QED) is 0.351. The molecule has 0 fully saturated rings. The zero-order valence-electron chi connectivity index (χ0n) is 12.0. The van der Waals surface area contributed by atoms with Gasteiger partial charge in [0, 0.05) is 5.45 Å². The zero-order chi connectivity index (χ0) is 18.0. The van der Waals surface area contributed by atoms with Crippen LogP contribution in [-0.2, 0) is 12.4 Å². The van der Waals surface area contributed by atoms with Gasteiger partial charge in [0.2, 0.25) is 0 Å². The molecule has 0 saturated carbocycles. The number of alkyl halides is 7. The van der Waals surface area contributed by atoms with Gasteiger partial charge in [-0.2, -0.15) is 26.3 Å². The monoisotopic (exact) mass is 409 g/mol. The topological polar surface area (TPSA) is 12.0 Å². The molecule has 0 atom stereocenters. The average Bonchev–Trinajstić information content (AvgIpc) is 2.51. The lowest BCUT2D eigenvalue weighted by Gasteiger charge is -2.23. The normalized spacial score (nSPS) is 12.3. The minimum atomic E-state index is -5.14. The van der Waals surface area contributed by atoms with Crippen molar-refractivity contribution in [2.45, 2.75) is 12.4 Å². The molecule has 0 aliphatic rings. The van der Waals surface area contributed by atoms with Crippen LogP contribution >= 0.6 is 15.9 Å². The summed E-state index contributed by atoms with van der Waals surface area (Å²) < 4.78 is 79.5. The van der Waals surface area contributed by atoms with Crippen molar-refractivity contribution in [1.82, 2.24) is 5.23 Å². The Morgan fingerprint density at radius 1 is 0.833 bits per heavy atom. The van der Waals surface area contributed by atoms with Crippen molar-refractivity contribution < 1.29 is 26.3 Å². The van der Waals surface area contributed by atoms with Gasteiger partial charge in [-0.05, 0) is 11.5 Å². The number of hydrogen-bond donors (Lipinski definition) is 1. The number of benzene rings is 2. The van der Waals surface area contributed by atoms with Crippen molar-refractivity contribution in [2.75, 3.05) is 5.45 Å². The van der Waals surface area contributed by atoms with Gasteiger partial charge in [0.15, 0.2) is 0 Å². The smallest absolute Gasteiger partial charge is 0.339 e. The van der Waals surface area contributed by atoms with E-state index in [-0.39, 0.29) is 5.45 Å². The van der Waals surface area contributed by atoms with E-state index in [0.717, 1.165) is 12.1 Å². The second kappa shape index (κ2) is 7.19. The van der Waals surface area contributed by atoms with Crippen molar-refractivity contribution >= 4 is 33.7 Å². The molecule has 1 nitrogen and oxygen atoms in total. The van der Waals surface area contributed by atoms with Crippen molar-refractivity contribution in [3.63, 3.8) is 0 Å². The summed E-state index contributed by atoms with van der Waals surface area (Å²) in [7, 11) is 0. The second-order valence-electron chi connectivity index (χ2n) is 4.95. The van der Waals surface area contributed by atoms with E-state index < -0.39 is 35.8 Å². The molecule has 0 unspecified atom stereocenters. The number of rotatable bonds is 4. The first-order valence-electron chi connectivity index (χ1n) is 6.78. The highest BCUT2D eigenvalue weighted by Gasteiger charge is 2.46. The Labute approximate surface area is 143 Å². The Morgan fingerprint density at radius 2 is 1.46 bits per heavy atom. The summed E-state index contributed by atoms with van der Waals surface area (Å²) in [5, 5.41) is 2.76. The van der Waals surface area contributed by atoms with Crippen molar-refractivity contribution in [2.24, 2.45) is 0 Å². The summed E-state index contributed by atoms with van der Waals surface area (Å²) in [4.78, 5) is 0. The van der Waals surface area contributed by atoms with Gasteiger partial charge in [0.05, 0.1) is 11.1 Å². The molecule has 0 aliphatic carbocycles. The summed E-state index contributed by atoms with van der Waals surface area (Å²) >= 11 is 3.06. The summed E-state index contributed by atoms with van der Waals surface area (Å²) in [5.41, 5.74) is -3.28. The fourth-order valence-corrected chi connectivity index (χ4v) is 2.82. The molecular formula is C15H11BBrF6N. The molecule has 128 valence electrons. The molecule has 0 amide bonds. The van der Waals surface area contributed by atoms with Gasteiger partial charge in [-0.15, -0.1) is 0 Å². The lowest BCUT2D eigenvalue weighted by atomic mass is 9.49. The highest BCUT2D eigenvalue weighted by Crippen LogP contribution is 2.39. The van der Waals surface area contributed by atoms with E-state index in [4.69, 9.17) is 0 Å².